The van der Waals surface area contributed by atoms with Gasteiger partial charge in [-0.25, -0.2) is 4.39 Å². The van der Waals surface area contributed by atoms with E-state index in [9.17, 15) is 9.18 Å². The van der Waals surface area contributed by atoms with Crippen LogP contribution in [-0.2, 0) is 4.79 Å². The van der Waals surface area contributed by atoms with Crippen LogP contribution in [0.2, 0.25) is 0 Å². The highest BCUT2D eigenvalue weighted by atomic mass is 19.1. The van der Waals surface area contributed by atoms with Gasteiger partial charge >= 0.3 is 0 Å². The van der Waals surface area contributed by atoms with Crippen molar-refractivity contribution in [2.24, 2.45) is 0 Å². The molecule has 27 heavy (non-hydrogen) atoms. The highest BCUT2D eigenvalue weighted by Crippen LogP contribution is 2.29. The molecule has 0 unspecified atom stereocenters. The molecule has 0 aliphatic heterocycles. The van der Waals surface area contributed by atoms with E-state index in [0.717, 1.165) is 22.6 Å². The van der Waals surface area contributed by atoms with Gasteiger partial charge in [-0.05, 0) is 54.4 Å². The summed E-state index contributed by atoms with van der Waals surface area (Å²) in [6.07, 6.45) is 0.267. The smallest absolute Gasteiger partial charge is 0.225 e. The molecule has 1 amide bonds. The lowest BCUT2D eigenvalue weighted by Gasteiger charge is -2.18. The number of carbonyl (C=O) groups excluding carboxylic acids is 1. The summed E-state index contributed by atoms with van der Waals surface area (Å²) in [7, 11) is 0. The molecule has 0 heterocycles. The first-order valence-electron chi connectivity index (χ1n) is 8.99. The topological polar surface area (TPSA) is 38.3 Å². The third-order valence-electron chi connectivity index (χ3n) is 4.31. The number of hydrogen-bond donors (Lipinski definition) is 1. The van der Waals surface area contributed by atoms with Gasteiger partial charge in [-0.3, -0.25) is 4.79 Å². The maximum Gasteiger partial charge on any atom is 0.225 e. The van der Waals surface area contributed by atoms with Crippen molar-refractivity contribution in [3.05, 3.63) is 95.8 Å². The summed E-state index contributed by atoms with van der Waals surface area (Å²) >= 11 is 0. The Morgan fingerprint density at radius 1 is 0.926 bits per heavy atom. The molecule has 0 spiro atoms. The van der Waals surface area contributed by atoms with Crippen LogP contribution in [0.25, 0.3) is 0 Å². The first kappa shape index (κ1) is 18.6. The van der Waals surface area contributed by atoms with Crippen molar-refractivity contribution in [2.75, 3.05) is 11.9 Å². The number of hydrogen-bond acceptors (Lipinski definition) is 2. The van der Waals surface area contributed by atoms with E-state index >= 15 is 0 Å². The lowest BCUT2D eigenvalue weighted by atomic mass is 9.88. The van der Waals surface area contributed by atoms with Crippen LogP contribution in [-0.4, -0.2) is 12.5 Å². The molecule has 0 fully saturated rings. The number of benzene rings is 3. The Morgan fingerprint density at radius 2 is 1.56 bits per heavy atom. The molecule has 138 valence electrons. The van der Waals surface area contributed by atoms with E-state index in [1.807, 2.05) is 61.5 Å². The van der Waals surface area contributed by atoms with E-state index in [1.165, 1.54) is 12.1 Å². The Balaban J connectivity index is 1.75. The lowest BCUT2D eigenvalue weighted by Crippen LogP contribution is -2.16. The molecule has 3 aromatic rings. The highest BCUT2D eigenvalue weighted by Gasteiger charge is 2.18. The quantitative estimate of drug-likeness (QED) is 0.611. The molecule has 3 aromatic carbocycles. The summed E-state index contributed by atoms with van der Waals surface area (Å²) in [4.78, 5) is 12.6. The fourth-order valence-corrected chi connectivity index (χ4v) is 3.01. The zero-order valence-electron chi connectivity index (χ0n) is 15.2. The van der Waals surface area contributed by atoms with Gasteiger partial charge in [0.05, 0.1) is 6.61 Å². The van der Waals surface area contributed by atoms with Gasteiger partial charge in [0.1, 0.15) is 11.6 Å². The van der Waals surface area contributed by atoms with Gasteiger partial charge in [-0.1, -0.05) is 42.5 Å². The van der Waals surface area contributed by atoms with E-state index in [1.54, 1.807) is 12.1 Å². The molecule has 0 saturated heterocycles. The number of rotatable bonds is 7. The summed E-state index contributed by atoms with van der Waals surface area (Å²) in [5, 5.41) is 2.92. The van der Waals surface area contributed by atoms with Crippen molar-refractivity contribution in [3.8, 4) is 5.75 Å². The fourth-order valence-electron chi connectivity index (χ4n) is 3.01. The van der Waals surface area contributed by atoms with Gasteiger partial charge in [0, 0.05) is 18.0 Å². The molecule has 4 heteroatoms. The average molecular weight is 363 g/mol. The molecule has 0 radical (unpaired) electrons. The number of carbonyl (C=O) groups is 1. The SMILES string of the molecule is CCOc1ccc(NC(=O)C[C@@H](c2ccccc2)c2ccc(F)cc2)cc1. The van der Waals surface area contributed by atoms with E-state index in [0.29, 0.717) is 6.61 Å². The summed E-state index contributed by atoms with van der Waals surface area (Å²) in [6, 6.07) is 23.4. The normalized spacial score (nSPS) is 11.6. The number of ether oxygens (including phenoxy) is 1. The summed E-state index contributed by atoms with van der Waals surface area (Å²) < 4.78 is 18.7. The van der Waals surface area contributed by atoms with Crippen molar-refractivity contribution >= 4 is 11.6 Å². The van der Waals surface area contributed by atoms with Crippen LogP contribution in [0.3, 0.4) is 0 Å². The second-order valence-corrected chi connectivity index (χ2v) is 6.22. The molecule has 0 aliphatic carbocycles. The Morgan fingerprint density at radius 3 is 2.19 bits per heavy atom. The van der Waals surface area contributed by atoms with E-state index in [-0.39, 0.29) is 24.1 Å². The van der Waals surface area contributed by atoms with E-state index in [2.05, 4.69) is 5.32 Å². The molecule has 0 aromatic heterocycles. The predicted molar refractivity (Wildman–Crippen MR) is 106 cm³/mol. The van der Waals surface area contributed by atoms with Crippen LogP contribution in [0, 0.1) is 5.82 Å². The van der Waals surface area contributed by atoms with Crippen LogP contribution in [0.15, 0.2) is 78.9 Å². The van der Waals surface area contributed by atoms with Crippen LogP contribution in [0.4, 0.5) is 10.1 Å². The molecular formula is C23H22FNO2. The van der Waals surface area contributed by atoms with Gasteiger partial charge < -0.3 is 10.1 Å². The van der Waals surface area contributed by atoms with Crippen LogP contribution in [0.5, 0.6) is 5.75 Å². The zero-order chi connectivity index (χ0) is 19.1. The molecule has 3 rings (SSSR count). The third-order valence-corrected chi connectivity index (χ3v) is 4.31. The zero-order valence-corrected chi connectivity index (χ0v) is 15.2. The molecule has 0 bridgehead atoms. The van der Waals surface area contributed by atoms with Gasteiger partial charge in [0.2, 0.25) is 5.91 Å². The Labute approximate surface area is 158 Å². The van der Waals surface area contributed by atoms with Crippen molar-refractivity contribution in [3.63, 3.8) is 0 Å². The third kappa shape index (κ3) is 5.17. The summed E-state index contributed by atoms with van der Waals surface area (Å²) in [6.45, 7) is 2.52. The van der Waals surface area contributed by atoms with E-state index in [4.69, 9.17) is 4.74 Å². The molecular weight excluding hydrogens is 341 g/mol. The van der Waals surface area contributed by atoms with Crippen molar-refractivity contribution in [2.45, 2.75) is 19.3 Å². The van der Waals surface area contributed by atoms with Crippen LogP contribution in [0.1, 0.15) is 30.4 Å². The number of halogens is 1. The standard InChI is InChI=1S/C23H22FNO2/c1-2-27-21-14-12-20(13-15-21)25-23(26)16-22(17-6-4-3-5-7-17)18-8-10-19(24)11-9-18/h3-15,22H,2,16H2,1H3,(H,25,26)/t22-/m0/s1. The number of nitrogens with one attached hydrogen (secondary N) is 1. The van der Waals surface area contributed by atoms with Crippen LogP contribution >= 0.6 is 0 Å². The Kier molecular flexibility index (Phi) is 6.21. The summed E-state index contributed by atoms with van der Waals surface area (Å²) in [5.74, 6) is 0.236. The molecule has 1 atom stereocenters. The van der Waals surface area contributed by atoms with Crippen molar-refractivity contribution in [1.82, 2.24) is 0 Å². The first-order chi connectivity index (χ1) is 13.2. The maximum atomic E-state index is 13.3. The monoisotopic (exact) mass is 363 g/mol. The fraction of sp³-hybridized carbons (Fsp3) is 0.174. The first-order valence-corrected chi connectivity index (χ1v) is 8.99. The number of amides is 1. The van der Waals surface area contributed by atoms with Crippen molar-refractivity contribution in [1.29, 1.82) is 0 Å². The molecule has 0 aliphatic rings. The minimum atomic E-state index is -0.288. The van der Waals surface area contributed by atoms with Gasteiger partial charge in [0.15, 0.2) is 0 Å². The Bertz CT molecular complexity index is 861. The molecule has 3 nitrogen and oxygen atoms in total. The Hall–Kier alpha value is -3.14. The average Bonchev–Trinajstić information content (AvgIpc) is 2.69. The molecule has 1 N–H and O–H groups in total. The lowest BCUT2D eigenvalue weighted by molar-refractivity contribution is -0.116. The minimum Gasteiger partial charge on any atom is -0.494 e. The highest BCUT2D eigenvalue weighted by molar-refractivity contribution is 5.91. The summed E-state index contributed by atoms with van der Waals surface area (Å²) in [5.41, 5.74) is 2.64. The van der Waals surface area contributed by atoms with Gasteiger partial charge in [0.25, 0.3) is 0 Å². The minimum absolute atomic E-state index is 0.0997. The van der Waals surface area contributed by atoms with E-state index < -0.39 is 0 Å². The maximum absolute atomic E-state index is 13.3. The van der Waals surface area contributed by atoms with Crippen LogP contribution < -0.4 is 10.1 Å². The van der Waals surface area contributed by atoms with Crippen molar-refractivity contribution < 1.29 is 13.9 Å². The molecule has 0 saturated carbocycles. The largest absolute Gasteiger partial charge is 0.494 e. The predicted octanol–water partition coefficient (Wildman–Crippen LogP) is 5.39. The number of anilines is 1. The van der Waals surface area contributed by atoms with Gasteiger partial charge in [-0.15, -0.1) is 0 Å². The van der Waals surface area contributed by atoms with Gasteiger partial charge in [-0.2, -0.15) is 0 Å². The second-order valence-electron chi connectivity index (χ2n) is 6.22. The second kappa shape index (κ2) is 8.99.